The summed E-state index contributed by atoms with van der Waals surface area (Å²) in [6.45, 7) is 0.639. The lowest BCUT2D eigenvalue weighted by atomic mass is 10.0. The van der Waals surface area contributed by atoms with Gasteiger partial charge in [-0.05, 0) is 43.5 Å². The lowest BCUT2D eigenvalue weighted by molar-refractivity contribution is -0.159. The number of halogens is 3. The highest BCUT2D eigenvalue weighted by Crippen LogP contribution is 2.29. The van der Waals surface area contributed by atoms with Gasteiger partial charge in [0.15, 0.2) is 0 Å². The topological polar surface area (TPSA) is 121 Å². The second-order valence-electron chi connectivity index (χ2n) is 6.46. The summed E-state index contributed by atoms with van der Waals surface area (Å²) in [4.78, 5) is 28.2. The van der Waals surface area contributed by atoms with E-state index in [-0.39, 0.29) is 24.4 Å². The zero-order valence-electron chi connectivity index (χ0n) is 15.1. The maximum atomic E-state index is 12.6. The monoisotopic (exact) mass is 413 g/mol. The highest BCUT2D eigenvalue weighted by Gasteiger charge is 2.38. The van der Waals surface area contributed by atoms with Gasteiger partial charge in [0, 0.05) is 24.3 Å². The summed E-state index contributed by atoms with van der Waals surface area (Å²) in [5.74, 6) is -1.65. The number of nitrogens with zero attached hydrogens (tertiary/aromatic N) is 3. The quantitative estimate of drug-likeness (QED) is 0.707. The molecule has 1 aromatic carbocycles. The summed E-state index contributed by atoms with van der Waals surface area (Å²) in [7, 11) is 0. The molecule has 0 radical (unpaired) electrons. The summed E-state index contributed by atoms with van der Waals surface area (Å²) in [5, 5.41) is 17.1. The standard InChI is InChI=1S/C17H18F3N5O4/c18-17(19,20)14-23-13(24-29-14)10-4-6-11(7-5-10)22-15(26)25-8-2-1-3-12(25)9-21-16(27)28/h4-7,12,21H,1-3,8-9H2,(H,22,26)(H,27,28). The van der Waals surface area contributed by atoms with Crippen molar-refractivity contribution in [3.05, 3.63) is 30.2 Å². The summed E-state index contributed by atoms with van der Waals surface area (Å²) < 4.78 is 41.8. The molecule has 3 N–H and O–H groups in total. The van der Waals surface area contributed by atoms with E-state index in [1.807, 2.05) is 0 Å². The fourth-order valence-electron chi connectivity index (χ4n) is 3.04. The van der Waals surface area contributed by atoms with Crippen molar-refractivity contribution >= 4 is 17.8 Å². The molecule has 12 heteroatoms. The average Bonchev–Trinajstić information content (AvgIpc) is 3.18. The van der Waals surface area contributed by atoms with Gasteiger partial charge in [-0.2, -0.15) is 18.2 Å². The van der Waals surface area contributed by atoms with Crippen LogP contribution in [0.2, 0.25) is 0 Å². The zero-order chi connectivity index (χ0) is 21.0. The van der Waals surface area contributed by atoms with Gasteiger partial charge >= 0.3 is 24.2 Å². The molecule has 29 heavy (non-hydrogen) atoms. The number of urea groups is 1. The maximum Gasteiger partial charge on any atom is 0.471 e. The number of carboxylic acid groups (broad SMARTS) is 1. The van der Waals surface area contributed by atoms with Crippen molar-refractivity contribution in [3.8, 4) is 11.4 Å². The predicted molar refractivity (Wildman–Crippen MR) is 94.1 cm³/mol. The second-order valence-corrected chi connectivity index (χ2v) is 6.46. The Balaban J connectivity index is 1.64. The largest absolute Gasteiger partial charge is 0.471 e. The number of carbonyl (C=O) groups excluding carboxylic acids is 1. The lowest BCUT2D eigenvalue weighted by Crippen LogP contribution is -2.50. The third-order valence-corrected chi connectivity index (χ3v) is 4.44. The van der Waals surface area contributed by atoms with E-state index < -0.39 is 18.2 Å². The molecule has 1 aliphatic heterocycles. The van der Waals surface area contributed by atoms with E-state index in [1.54, 1.807) is 4.90 Å². The number of benzene rings is 1. The molecular weight excluding hydrogens is 395 g/mol. The zero-order valence-corrected chi connectivity index (χ0v) is 15.1. The van der Waals surface area contributed by atoms with E-state index >= 15 is 0 Å². The van der Waals surface area contributed by atoms with Crippen LogP contribution in [-0.4, -0.2) is 51.4 Å². The van der Waals surface area contributed by atoms with E-state index in [0.717, 1.165) is 12.8 Å². The van der Waals surface area contributed by atoms with Crippen LogP contribution in [0.3, 0.4) is 0 Å². The molecule has 1 aliphatic rings. The number of hydrogen-bond donors (Lipinski definition) is 3. The first-order valence-corrected chi connectivity index (χ1v) is 8.80. The van der Waals surface area contributed by atoms with E-state index in [1.165, 1.54) is 24.3 Å². The Morgan fingerprint density at radius 2 is 1.97 bits per heavy atom. The third-order valence-electron chi connectivity index (χ3n) is 4.44. The van der Waals surface area contributed by atoms with E-state index in [9.17, 15) is 22.8 Å². The molecule has 3 amide bonds. The number of carbonyl (C=O) groups is 2. The molecule has 1 aromatic heterocycles. The van der Waals surface area contributed by atoms with Gasteiger partial charge < -0.3 is 25.2 Å². The number of nitrogens with one attached hydrogen (secondary N) is 2. The van der Waals surface area contributed by atoms with E-state index in [0.29, 0.717) is 24.2 Å². The molecule has 1 saturated heterocycles. The smallest absolute Gasteiger partial charge is 0.465 e. The maximum absolute atomic E-state index is 12.6. The third kappa shape index (κ3) is 5.15. The van der Waals surface area contributed by atoms with Crippen LogP contribution in [0.4, 0.5) is 28.4 Å². The van der Waals surface area contributed by atoms with Crippen molar-refractivity contribution in [3.63, 3.8) is 0 Å². The van der Waals surface area contributed by atoms with Crippen LogP contribution in [0.5, 0.6) is 0 Å². The molecule has 156 valence electrons. The molecule has 0 aliphatic carbocycles. The fraction of sp³-hybridized carbons (Fsp3) is 0.412. The number of amides is 3. The normalized spacial score (nSPS) is 17.1. The van der Waals surface area contributed by atoms with Crippen LogP contribution in [0.1, 0.15) is 25.2 Å². The number of likely N-dealkylation sites (tertiary alicyclic amines) is 1. The Morgan fingerprint density at radius 1 is 1.24 bits per heavy atom. The molecule has 1 atom stereocenters. The average molecular weight is 413 g/mol. The number of piperidine rings is 1. The van der Waals surface area contributed by atoms with Crippen molar-refractivity contribution in [2.75, 3.05) is 18.4 Å². The summed E-state index contributed by atoms with van der Waals surface area (Å²) in [5.41, 5.74) is 0.720. The molecular formula is C17H18F3N5O4. The highest BCUT2D eigenvalue weighted by molar-refractivity contribution is 5.90. The van der Waals surface area contributed by atoms with Gasteiger partial charge in [0.25, 0.3) is 0 Å². The molecule has 0 saturated carbocycles. The first-order chi connectivity index (χ1) is 13.7. The molecule has 1 fully saturated rings. The predicted octanol–water partition coefficient (Wildman–Crippen LogP) is 3.41. The Kier molecular flexibility index (Phi) is 5.89. The number of aromatic nitrogens is 2. The Hall–Kier alpha value is -3.31. The van der Waals surface area contributed by atoms with Crippen LogP contribution < -0.4 is 10.6 Å². The minimum Gasteiger partial charge on any atom is -0.465 e. The van der Waals surface area contributed by atoms with Crippen LogP contribution in [0.15, 0.2) is 28.8 Å². The van der Waals surface area contributed by atoms with E-state index in [4.69, 9.17) is 5.11 Å². The van der Waals surface area contributed by atoms with Crippen molar-refractivity contribution in [1.82, 2.24) is 20.4 Å². The summed E-state index contributed by atoms with van der Waals surface area (Å²) in [6.07, 6.45) is -3.47. The number of anilines is 1. The van der Waals surface area contributed by atoms with Gasteiger partial charge in [-0.1, -0.05) is 5.16 Å². The molecule has 9 nitrogen and oxygen atoms in total. The fourth-order valence-corrected chi connectivity index (χ4v) is 3.04. The number of rotatable bonds is 4. The van der Waals surface area contributed by atoms with Gasteiger partial charge in [-0.25, -0.2) is 9.59 Å². The van der Waals surface area contributed by atoms with Crippen LogP contribution >= 0.6 is 0 Å². The highest BCUT2D eigenvalue weighted by atomic mass is 19.4. The number of alkyl halides is 3. The van der Waals surface area contributed by atoms with Gasteiger partial charge in [0.2, 0.25) is 5.82 Å². The summed E-state index contributed by atoms with van der Waals surface area (Å²) >= 11 is 0. The minimum absolute atomic E-state index is 0.140. The second kappa shape index (κ2) is 8.37. The van der Waals surface area contributed by atoms with Crippen molar-refractivity contribution in [2.24, 2.45) is 0 Å². The first-order valence-electron chi connectivity index (χ1n) is 8.80. The summed E-state index contributed by atoms with van der Waals surface area (Å²) in [6, 6.07) is 5.30. The Bertz CT molecular complexity index is 869. The Morgan fingerprint density at radius 3 is 2.59 bits per heavy atom. The molecule has 1 unspecified atom stereocenters. The van der Waals surface area contributed by atoms with Gasteiger partial charge in [-0.3, -0.25) is 0 Å². The minimum atomic E-state index is -4.72. The molecule has 0 spiro atoms. The van der Waals surface area contributed by atoms with Crippen molar-refractivity contribution in [1.29, 1.82) is 0 Å². The number of hydrogen-bond acceptors (Lipinski definition) is 5. The molecule has 3 rings (SSSR count). The van der Waals surface area contributed by atoms with Crippen molar-refractivity contribution in [2.45, 2.75) is 31.5 Å². The van der Waals surface area contributed by atoms with Gasteiger partial charge in [0.05, 0.1) is 6.04 Å². The molecule has 0 bridgehead atoms. The van der Waals surface area contributed by atoms with Crippen molar-refractivity contribution < 1.29 is 32.4 Å². The first kappa shape index (κ1) is 20.4. The van der Waals surface area contributed by atoms with E-state index in [2.05, 4.69) is 25.3 Å². The van der Waals surface area contributed by atoms with Gasteiger partial charge in [0.1, 0.15) is 0 Å². The van der Waals surface area contributed by atoms with Crippen LogP contribution in [-0.2, 0) is 6.18 Å². The lowest BCUT2D eigenvalue weighted by Gasteiger charge is -2.35. The van der Waals surface area contributed by atoms with Gasteiger partial charge in [-0.15, -0.1) is 0 Å². The molecule has 2 aromatic rings. The Labute approximate surface area is 162 Å². The van der Waals surface area contributed by atoms with Crippen LogP contribution in [0, 0.1) is 0 Å². The SMILES string of the molecule is O=C(O)NCC1CCCCN1C(=O)Nc1ccc(-c2noc(C(F)(F)F)n2)cc1. The van der Waals surface area contributed by atoms with Crippen LogP contribution in [0.25, 0.3) is 11.4 Å². The molecule has 2 heterocycles.